The van der Waals surface area contributed by atoms with Crippen molar-refractivity contribution in [2.45, 2.75) is 11.8 Å². The molecule has 4 aromatic rings. The molecule has 2 aromatic carbocycles. The van der Waals surface area contributed by atoms with Crippen molar-refractivity contribution >= 4 is 48.9 Å². The number of aromatic nitrogens is 2. The Labute approximate surface area is 234 Å². The number of ether oxygens (including phenoxy) is 2. The van der Waals surface area contributed by atoms with E-state index in [1.807, 2.05) is 6.92 Å². The van der Waals surface area contributed by atoms with Gasteiger partial charge in [0, 0.05) is 31.6 Å². The summed E-state index contributed by atoms with van der Waals surface area (Å²) in [6.45, 7) is 5.41. The first-order chi connectivity index (χ1) is 19.3. The Kier molecular flexibility index (Phi) is 7.31. The largest absolute Gasteiger partial charge is 0.379 e. The molecule has 2 aromatic heterocycles. The van der Waals surface area contributed by atoms with Crippen LogP contribution in [-0.2, 0) is 19.5 Å². The van der Waals surface area contributed by atoms with Crippen molar-refractivity contribution in [3.63, 3.8) is 0 Å². The summed E-state index contributed by atoms with van der Waals surface area (Å²) in [7, 11) is -3.77. The summed E-state index contributed by atoms with van der Waals surface area (Å²) in [6, 6.07) is 12.6. The number of carbonyl (C=O) groups is 1. The summed E-state index contributed by atoms with van der Waals surface area (Å²) in [6.07, 6.45) is 0. The molecule has 0 atom stereocenters. The molecule has 4 heterocycles. The second kappa shape index (κ2) is 10.9. The lowest BCUT2D eigenvalue weighted by Gasteiger charge is -2.31. The molecule has 0 spiro atoms. The highest BCUT2D eigenvalue weighted by atomic mass is 32.2. The van der Waals surface area contributed by atoms with Gasteiger partial charge in [-0.2, -0.15) is 9.40 Å². The zero-order chi connectivity index (χ0) is 27.9. The zero-order valence-corrected chi connectivity index (χ0v) is 23.4. The minimum atomic E-state index is -3.77. The molecule has 2 aliphatic heterocycles. The van der Waals surface area contributed by atoms with E-state index in [9.17, 15) is 17.6 Å². The fraction of sp³-hybridized carbons (Fsp3) is 0.333. The third-order valence-corrected chi connectivity index (χ3v) is 10.0. The summed E-state index contributed by atoms with van der Waals surface area (Å²) in [5.41, 5.74) is 2.56. The number of nitrogens with zero attached hydrogens (tertiary/aromatic N) is 4. The minimum absolute atomic E-state index is 0.112. The van der Waals surface area contributed by atoms with Crippen molar-refractivity contribution < 1.29 is 27.1 Å². The Hall–Kier alpha value is -3.36. The summed E-state index contributed by atoms with van der Waals surface area (Å²) in [5.74, 6) is -0.703. The van der Waals surface area contributed by atoms with E-state index in [1.165, 1.54) is 33.8 Å². The van der Waals surface area contributed by atoms with Gasteiger partial charge in [0.05, 0.1) is 59.0 Å². The van der Waals surface area contributed by atoms with Crippen LogP contribution in [-0.4, -0.2) is 81.0 Å². The van der Waals surface area contributed by atoms with Crippen LogP contribution in [0.5, 0.6) is 0 Å². The van der Waals surface area contributed by atoms with Crippen LogP contribution in [0.3, 0.4) is 0 Å². The summed E-state index contributed by atoms with van der Waals surface area (Å²) in [4.78, 5) is 17.0. The Morgan fingerprint density at radius 3 is 2.35 bits per heavy atom. The molecule has 1 amide bonds. The number of aryl methyl sites for hydroxylation is 1. The van der Waals surface area contributed by atoms with Crippen LogP contribution in [0.4, 0.5) is 15.8 Å². The quantitative estimate of drug-likeness (QED) is 0.368. The van der Waals surface area contributed by atoms with Gasteiger partial charge in [-0.15, -0.1) is 11.3 Å². The lowest BCUT2D eigenvalue weighted by molar-refractivity contribution is 0.0730. The number of carbonyl (C=O) groups excluding carboxylic acids is 1. The van der Waals surface area contributed by atoms with E-state index in [-0.39, 0.29) is 29.7 Å². The molecule has 2 fully saturated rings. The van der Waals surface area contributed by atoms with Crippen LogP contribution >= 0.6 is 11.3 Å². The molecule has 13 heteroatoms. The van der Waals surface area contributed by atoms with Crippen LogP contribution < -0.4 is 10.2 Å². The number of thiophene rings is 1. The minimum Gasteiger partial charge on any atom is -0.379 e. The predicted octanol–water partition coefficient (Wildman–Crippen LogP) is 3.64. The molecule has 10 nitrogen and oxygen atoms in total. The molecular formula is C27H28FN5O5S2. The fourth-order valence-corrected chi connectivity index (χ4v) is 7.40. The fourth-order valence-electron chi connectivity index (χ4n) is 4.89. The number of fused-ring (bicyclic) bond motifs is 1. The smallest absolute Gasteiger partial charge is 0.265 e. The standard InChI is InChI=1S/C27H28FN5O5S2/c1-18-22-17-25(39-27(22)33(30-18)20-4-2-19(28)3-5-20)26(34)29-23-16-21(40(35,36)32-10-14-38-15-11-32)6-7-24(23)31-8-12-37-13-9-31/h2-7,16-17H,8-15H2,1H3,(H,29,34). The van der Waals surface area contributed by atoms with Crippen LogP contribution in [0.15, 0.2) is 53.4 Å². The number of anilines is 2. The van der Waals surface area contributed by atoms with Crippen LogP contribution in [0.25, 0.3) is 15.9 Å². The van der Waals surface area contributed by atoms with Crippen molar-refractivity contribution in [1.82, 2.24) is 14.1 Å². The maximum atomic E-state index is 13.6. The van der Waals surface area contributed by atoms with Gasteiger partial charge in [-0.25, -0.2) is 17.5 Å². The molecule has 210 valence electrons. The maximum Gasteiger partial charge on any atom is 0.265 e. The highest BCUT2D eigenvalue weighted by Gasteiger charge is 2.28. The molecule has 0 bridgehead atoms. The van der Waals surface area contributed by atoms with Crippen LogP contribution in [0.1, 0.15) is 15.4 Å². The molecular weight excluding hydrogens is 557 g/mol. The molecule has 0 aliphatic carbocycles. The number of rotatable bonds is 6. The van der Waals surface area contributed by atoms with Gasteiger partial charge in [0.1, 0.15) is 10.6 Å². The topological polar surface area (TPSA) is 106 Å². The second-order valence-corrected chi connectivity index (χ2v) is 12.5. The van der Waals surface area contributed by atoms with Crippen LogP contribution in [0, 0.1) is 12.7 Å². The van der Waals surface area contributed by atoms with Crippen LogP contribution in [0.2, 0.25) is 0 Å². The van der Waals surface area contributed by atoms with Crippen molar-refractivity contribution in [3.8, 4) is 5.69 Å². The summed E-state index contributed by atoms with van der Waals surface area (Å²) in [5, 5.41) is 8.36. The van der Waals surface area contributed by atoms with E-state index in [0.717, 1.165) is 21.6 Å². The SMILES string of the molecule is Cc1nn(-c2ccc(F)cc2)c2sc(C(=O)Nc3cc(S(=O)(=O)N4CCOCC4)ccc3N3CCOCC3)cc12. The molecule has 1 N–H and O–H groups in total. The lowest BCUT2D eigenvalue weighted by atomic mass is 10.2. The van der Waals surface area contributed by atoms with Gasteiger partial charge in [0.25, 0.3) is 5.91 Å². The third kappa shape index (κ3) is 5.10. The normalized spacial score (nSPS) is 16.9. The first-order valence-corrected chi connectivity index (χ1v) is 15.2. The molecule has 0 unspecified atom stereocenters. The number of halogens is 1. The van der Waals surface area contributed by atoms with E-state index >= 15 is 0 Å². The predicted molar refractivity (Wildman–Crippen MR) is 151 cm³/mol. The monoisotopic (exact) mass is 585 g/mol. The van der Waals surface area contributed by atoms with Crippen molar-refractivity contribution in [1.29, 1.82) is 0 Å². The Balaban J connectivity index is 1.35. The van der Waals surface area contributed by atoms with Gasteiger partial charge in [0.15, 0.2) is 0 Å². The van der Waals surface area contributed by atoms with E-state index in [1.54, 1.807) is 35.0 Å². The highest BCUT2D eigenvalue weighted by Crippen LogP contribution is 2.34. The van der Waals surface area contributed by atoms with Gasteiger partial charge >= 0.3 is 0 Å². The maximum absolute atomic E-state index is 13.6. The Morgan fingerprint density at radius 2 is 1.65 bits per heavy atom. The average Bonchev–Trinajstić information content (AvgIpc) is 3.55. The molecule has 2 saturated heterocycles. The molecule has 0 radical (unpaired) electrons. The first kappa shape index (κ1) is 26.8. The van der Waals surface area contributed by atoms with Crippen molar-refractivity contribution in [2.75, 3.05) is 62.8 Å². The molecule has 2 aliphatic rings. The summed E-state index contributed by atoms with van der Waals surface area (Å²) < 4.78 is 54.2. The van der Waals surface area contributed by atoms with Gasteiger partial charge in [-0.05, 0) is 55.5 Å². The number of benzene rings is 2. The third-order valence-electron chi connectivity index (χ3n) is 7.02. The van der Waals surface area contributed by atoms with Gasteiger partial charge in [-0.3, -0.25) is 4.79 Å². The van der Waals surface area contributed by atoms with E-state index in [0.29, 0.717) is 55.8 Å². The lowest BCUT2D eigenvalue weighted by Crippen LogP contribution is -2.40. The van der Waals surface area contributed by atoms with E-state index < -0.39 is 10.0 Å². The first-order valence-electron chi connectivity index (χ1n) is 12.9. The van der Waals surface area contributed by atoms with Gasteiger partial charge < -0.3 is 19.7 Å². The van der Waals surface area contributed by atoms with E-state index in [2.05, 4.69) is 15.3 Å². The van der Waals surface area contributed by atoms with Gasteiger partial charge in [0.2, 0.25) is 10.0 Å². The molecule has 40 heavy (non-hydrogen) atoms. The van der Waals surface area contributed by atoms with Gasteiger partial charge in [-0.1, -0.05) is 0 Å². The zero-order valence-electron chi connectivity index (χ0n) is 21.8. The Bertz CT molecular complexity index is 1660. The summed E-state index contributed by atoms with van der Waals surface area (Å²) >= 11 is 1.27. The number of amides is 1. The van der Waals surface area contributed by atoms with Crippen molar-refractivity contribution in [2.24, 2.45) is 0 Å². The number of hydrogen-bond acceptors (Lipinski definition) is 8. The number of sulfonamides is 1. The molecule has 0 saturated carbocycles. The number of nitrogens with one attached hydrogen (secondary N) is 1. The van der Waals surface area contributed by atoms with Crippen molar-refractivity contribution in [3.05, 3.63) is 64.9 Å². The molecule has 6 rings (SSSR count). The number of morpholine rings is 2. The second-order valence-electron chi connectivity index (χ2n) is 9.55. The highest BCUT2D eigenvalue weighted by molar-refractivity contribution is 7.89. The average molecular weight is 586 g/mol. The Morgan fingerprint density at radius 1 is 0.975 bits per heavy atom. The van der Waals surface area contributed by atoms with E-state index in [4.69, 9.17) is 9.47 Å². The number of hydrogen-bond donors (Lipinski definition) is 1.